The van der Waals surface area contributed by atoms with Gasteiger partial charge in [-0.3, -0.25) is 4.79 Å². The molecule has 1 aromatic rings. The lowest BCUT2D eigenvalue weighted by Crippen LogP contribution is -2.24. The molecule has 0 radical (unpaired) electrons. The summed E-state index contributed by atoms with van der Waals surface area (Å²) in [7, 11) is 0. The van der Waals surface area contributed by atoms with Crippen LogP contribution in [0.1, 0.15) is 29.8 Å². The molecule has 2 N–H and O–H groups in total. The zero-order valence-corrected chi connectivity index (χ0v) is 11.2. The Morgan fingerprint density at radius 3 is 2.95 bits per heavy atom. The number of carbonyl (C=O) groups is 1. The molecule has 0 bridgehead atoms. The second-order valence-corrected chi connectivity index (χ2v) is 5.03. The van der Waals surface area contributed by atoms with Crippen LogP contribution >= 0.6 is 0 Å². The molecule has 2 rings (SSSR count). The molecule has 1 saturated heterocycles. The zero-order chi connectivity index (χ0) is 13.9. The number of hydrogen-bond donors (Lipinski definition) is 1. The van der Waals surface area contributed by atoms with Crippen molar-refractivity contribution in [3.8, 4) is 0 Å². The van der Waals surface area contributed by atoms with Crippen LogP contribution in [0.15, 0.2) is 24.3 Å². The van der Waals surface area contributed by atoms with Gasteiger partial charge in [0, 0.05) is 5.56 Å². The number of nitrogens with two attached hydrogens (primary N) is 1. The van der Waals surface area contributed by atoms with Gasteiger partial charge in [0.15, 0.2) is 5.79 Å². The van der Waals surface area contributed by atoms with Crippen LogP contribution in [0.4, 0.5) is 0 Å². The molecule has 1 aliphatic heterocycles. The SMILES string of the molecule is CC1(C)OCC(COCc2cccc(C(N)=O)c2)O1. The van der Waals surface area contributed by atoms with Crippen LogP contribution < -0.4 is 5.73 Å². The Bertz CT molecular complexity index is 459. The van der Waals surface area contributed by atoms with Gasteiger partial charge in [-0.15, -0.1) is 0 Å². The zero-order valence-electron chi connectivity index (χ0n) is 11.2. The number of amides is 1. The largest absolute Gasteiger partial charge is 0.374 e. The van der Waals surface area contributed by atoms with Crippen molar-refractivity contribution in [3.63, 3.8) is 0 Å². The fourth-order valence-electron chi connectivity index (χ4n) is 1.97. The third-order valence-corrected chi connectivity index (χ3v) is 2.85. The molecule has 1 unspecified atom stereocenters. The van der Waals surface area contributed by atoms with Gasteiger partial charge in [0.2, 0.25) is 5.91 Å². The van der Waals surface area contributed by atoms with Gasteiger partial charge in [-0.25, -0.2) is 0 Å². The summed E-state index contributed by atoms with van der Waals surface area (Å²) in [6.07, 6.45) is -0.0469. The van der Waals surface area contributed by atoms with Crippen LogP contribution in [0, 0.1) is 0 Å². The molecule has 5 nitrogen and oxygen atoms in total. The summed E-state index contributed by atoms with van der Waals surface area (Å²) in [6, 6.07) is 7.10. The van der Waals surface area contributed by atoms with Crippen molar-refractivity contribution in [2.24, 2.45) is 5.73 Å². The fourth-order valence-corrected chi connectivity index (χ4v) is 1.97. The molecule has 1 fully saturated rings. The third kappa shape index (κ3) is 4.02. The van der Waals surface area contributed by atoms with E-state index in [0.29, 0.717) is 25.4 Å². The van der Waals surface area contributed by atoms with E-state index in [4.69, 9.17) is 19.9 Å². The van der Waals surface area contributed by atoms with E-state index in [0.717, 1.165) is 5.56 Å². The highest BCUT2D eigenvalue weighted by atomic mass is 16.7. The quantitative estimate of drug-likeness (QED) is 0.874. The molecule has 0 spiro atoms. The number of hydrogen-bond acceptors (Lipinski definition) is 4. The molecular formula is C14H19NO4. The number of carbonyl (C=O) groups excluding carboxylic acids is 1. The Hall–Kier alpha value is -1.43. The van der Waals surface area contributed by atoms with E-state index in [-0.39, 0.29) is 6.10 Å². The van der Waals surface area contributed by atoms with Gasteiger partial charge in [-0.05, 0) is 31.5 Å². The van der Waals surface area contributed by atoms with E-state index in [9.17, 15) is 4.79 Å². The Labute approximate surface area is 112 Å². The van der Waals surface area contributed by atoms with E-state index in [1.165, 1.54) is 0 Å². The Morgan fingerprint density at radius 2 is 2.32 bits per heavy atom. The van der Waals surface area contributed by atoms with Gasteiger partial charge >= 0.3 is 0 Å². The summed E-state index contributed by atoms with van der Waals surface area (Å²) in [4.78, 5) is 11.1. The maximum atomic E-state index is 11.1. The highest BCUT2D eigenvalue weighted by Gasteiger charge is 2.32. The molecule has 0 saturated carbocycles. The minimum Gasteiger partial charge on any atom is -0.374 e. The first-order valence-corrected chi connectivity index (χ1v) is 6.24. The topological polar surface area (TPSA) is 70.8 Å². The fraction of sp³-hybridized carbons (Fsp3) is 0.500. The van der Waals surface area contributed by atoms with Gasteiger partial charge in [0.25, 0.3) is 0 Å². The number of rotatable bonds is 5. The average Bonchev–Trinajstić information content (AvgIpc) is 2.69. The van der Waals surface area contributed by atoms with Crippen molar-refractivity contribution in [3.05, 3.63) is 35.4 Å². The summed E-state index contributed by atoms with van der Waals surface area (Å²) in [5.41, 5.74) is 6.62. The van der Waals surface area contributed by atoms with Crippen LogP contribution in [0.25, 0.3) is 0 Å². The second-order valence-electron chi connectivity index (χ2n) is 5.03. The Kier molecular flexibility index (Phi) is 4.19. The maximum Gasteiger partial charge on any atom is 0.248 e. The molecule has 104 valence electrons. The van der Waals surface area contributed by atoms with Crippen LogP contribution in [0.3, 0.4) is 0 Å². The summed E-state index contributed by atoms with van der Waals surface area (Å²) in [6.45, 7) is 5.17. The summed E-state index contributed by atoms with van der Waals surface area (Å²) < 4.78 is 16.6. The molecule has 1 atom stereocenters. The molecule has 5 heteroatoms. The van der Waals surface area contributed by atoms with Crippen molar-refractivity contribution < 1.29 is 19.0 Å². The van der Waals surface area contributed by atoms with Crippen LogP contribution in [-0.2, 0) is 20.8 Å². The van der Waals surface area contributed by atoms with Crippen molar-refractivity contribution >= 4 is 5.91 Å². The van der Waals surface area contributed by atoms with E-state index < -0.39 is 11.7 Å². The minimum atomic E-state index is -0.528. The smallest absolute Gasteiger partial charge is 0.248 e. The highest BCUT2D eigenvalue weighted by molar-refractivity contribution is 5.92. The van der Waals surface area contributed by atoms with Crippen molar-refractivity contribution in [2.45, 2.75) is 32.3 Å². The minimum absolute atomic E-state index is 0.0469. The van der Waals surface area contributed by atoms with Gasteiger partial charge < -0.3 is 19.9 Å². The summed E-state index contributed by atoms with van der Waals surface area (Å²) in [5.74, 6) is -0.962. The van der Waals surface area contributed by atoms with E-state index in [1.54, 1.807) is 18.2 Å². The lowest BCUT2D eigenvalue weighted by atomic mass is 10.1. The van der Waals surface area contributed by atoms with Crippen molar-refractivity contribution in [1.29, 1.82) is 0 Å². The molecule has 1 aliphatic rings. The van der Waals surface area contributed by atoms with Crippen LogP contribution in [0.2, 0.25) is 0 Å². The first-order valence-electron chi connectivity index (χ1n) is 6.24. The van der Waals surface area contributed by atoms with E-state index >= 15 is 0 Å². The predicted molar refractivity (Wildman–Crippen MR) is 69.5 cm³/mol. The Balaban J connectivity index is 1.80. The lowest BCUT2D eigenvalue weighted by Gasteiger charge is -2.17. The van der Waals surface area contributed by atoms with E-state index in [2.05, 4.69) is 0 Å². The van der Waals surface area contributed by atoms with Gasteiger partial charge in [0.1, 0.15) is 6.10 Å². The molecule has 0 aromatic heterocycles. The first-order chi connectivity index (χ1) is 8.96. The summed E-state index contributed by atoms with van der Waals surface area (Å²) >= 11 is 0. The van der Waals surface area contributed by atoms with Crippen LogP contribution in [0.5, 0.6) is 0 Å². The number of benzene rings is 1. The third-order valence-electron chi connectivity index (χ3n) is 2.85. The average molecular weight is 265 g/mol. The second kappa shape index (κ2) is 5.69. The van der Waals surface area contributed by atoms with Crippen LogP contribution in [-0.4, -0.2) is 31.0 Å². The number of primary amides is 1. The molecule has 1 aromatic carbocycles. The first kappa shape index (κ1) is 14.0. The van der Waals surface area contributed by atoms with Gasteiger partial charge in [-0.1, -0.05) is 12.1 Å². The van der Waals surface area contributed by atoms with Gasteiger partial charge in [-0.2, -0.15) is 0 Å². The monoisotopic (exact) mass is 265 g/mol. The normalized spacial score (nSPS) is 21.5. The standard InChI is InChI=1S/C14H19NO4/c1-14(2)18-9-12(19-14)8-17-7-10-4-3-5-11(6-10)13(15)16/h3-6,12H,7-9H2,1-2H3,(H2,15,16). The predicted octanol–water partition coefficient (Wildman–Crippen LogP) is 1.45. The molecule has 1 heterocycles. The van der Waals surface area contributed by atoms with Crippen molar-refractivity contribution in [2.75, 3.05) is 13.2 Å². The molecule has 19 heavy (non-hydrogen) atoms. The van der Waals surface area contributed by atoms with Gasteiger partial charge in [0.05, 0.1) is 19.8 Å². The van der Waals surface area contributed by atoms with E-state index in [1.807, 2.05) is 19.9 Å². The van der Waals surface area contributed by atoms with Crippen molar-refractivity contribution in [1.82, 2.24) is 0 Å². The maximum absolute atomic E-state index is 11.1. The Morgan fingerprint density at radius 1 is 1.53 bits per heavy atom. The lowest BCUT2D eigenvalue weighted by molar-refractivity contribution is -0.145. The number of ether oxygens (including phenoxy) is 3. The molecular weight excluding hydrogens is 246 g/mol. The molecule has 0 aliphatic carbocycles. The highest BCUT2D eigenvalue weighted by Crippen LogP contribution is 2.22. The molecule has 1 amide bonds. The summed E-state index contributed by atoms with van der Waals surface area (Å²) in [5, 5.41) is 0.